The minimum absolute atomic E-state index is 0.189. The molecule has 1 aliphatic rings. The largest absolute Gasteiger partial charge is 0.388 e. The molecule has 0 bridgehead atoms. The smallest absolute Gasteiger partial charge is 0.0630 e. The Morgan fingerprint density at radius 2 is 0.867 bits per heavy atom. The fraction of sp³-hybridized carbons (Fsp3) is 0.154. The predicted molar refractivity (Wildman–Crippen MR) is 130 cm³/mol. The maximum absolute atomic E-state index is 3.54. The van der Waals surface area contributed by atoms with Crippen molar-refractivity contribution in [2.45, 2.75) is 19.0 Å². The second kappa shape index (κ2) is 9.23. The second-order valence-corrected chi connectivity index (χ2v) is 7.51. The van der Waals surface area contributed by atoms with Crippen LogP contribution in [0.1, 0.15) is 5.56 Å². The molecule has 0 fully saturated rings. The third-order valence-corrected chi connectivity index (χ3v) is 5.12. The van der Waals surface area contributed by atoms with Gasteiger partial charge in [-0.3, -0.25) is 0 Å². The quantitative estimate of drug-likeness (QED) is 0.361. The molecule has 3 aromatic rings. The van der Waals surface area contributed by atoms with Crippen molar-refractivity contribution in [2.24, 2.45) is 0 Å². The van der Waals surface area contributed by atoms with Crippen molar-refractivity contribution in [3.8, 4) is 0 Å². The second-order valence-electron chi connectivity index (χ2n) is 7.51. The fourth-order valence-corrected chi connectivity index (χ4v) is 3.37. The average molecular weight is 397 g/mol. The number of hydrogen-bond acceptors (Lipinski definition) is 4. The van der Waals surface area contributed by atoms with Crippen molar-refractivity contribution in [3.05, 3.63) is 103 Å². The van der Waals surface area contributed by atoms with Gasteiger partial charge in [0.05, 0.1) is 12.1 Å². The average Bonchev–Trinajstić information content (AvgIpc) is 2.78. The van der Waals surface area contributed by atoms with E-state index >= 15 is 0 Å². The molecule has 0 saturated carbocycles. The van der Waals surface area contributed by atoms with E-state index in [9.17, 15) is 0 Å². The van der Waals surface area contributed by atoms with Gasteiger partial charge >= 0.3 is 0 Å². The first kappa shape index (κ1) is 19.6. The first-order valence-electron chi connectivity index (χ1n) is 10.3. The van der Waals surface area contributed by atoms with Gasteiger partial charge < -0.3 is 21.3 Å². The Morgan fingerprint density at radius 3 is 1.30 bits per heavy atom. The lowest BCUT2D eigenvalue weighted by molar-refractivity contribution is 0.997. The van der Waals surface area contributed by atoms with E-state index in [4.69, 9.17) is 0 Å². The molecule has 152 valence electrons. The van der Waals surface area contributed by atoms with Crippen LogP contribution in [-0.2, 0) is 0 Å². The van der Waals surface area contributed by atoms with Crippen molar-refractivity contribution >= 4 is 28.4 Å². The van der Waals surface area contributed by atoms with Crippen LogP contribution in [-0.4, -0.2) is 19.1 Å². The molecule has 0 unspecified atom stereocenters. The van der Waals surface area contributed by atoms with Gasteiger partial charge in [0.1, 0.15) is 0 Å². The molecule has 0 atom stereocenters. The molecule has 30 heavy (non-hydrogen) atoms. The zero-order valence-corrected chi connectivity index (χ0v) is 17.4. The van der Waals surface area contributed by atoms with Crippen LogP contribution in [0.5, 0.6) is 0 Å². The van der Waals surface area contributed by atoms with E-state index in [2.05, 4.69) is 125 Å². The highest BCUT2D eigenvalue weighted by atomic mass is 14.9. The summed E-state index contributed by atoms with van der Waals surface area (Å²) in [5.74, 6) is 0. The molecule has 1 aliphatic carbocycles. The van der Waals surface area contributed by atoms with E-state index in [0.29, 0.717) is 0 Å². The first-order chi connectivity index (χ1) is 14.7. The zero-order valence-electron chi connectivity index (χ0n) is 17.4. The SMILES string of the molecule is CNc1ccc(Nc2ccc(NC3C=CC(Nc4ccc(C)cc4)C=C3)cc2)cc1. The van der Waals surface area contributed by atoms with E-state index in [1.807, 2.05) is 7.05 Å². The fourth-order valence-electron chi connectivity index (χ4n) is 3.37. The monoisotopic (exact) mass is 396 g/mol. The maximum Gasteiger partial charge on any atom is 0.0630 e. The number of rotatable bonds is 7. The van der Waals surface area contributed by atoms with Gasteiger partial charge in [-0.15, -0.1) is 0 Å². The van der Waals surface area contributed by atoms with Crippen LogP contribution >= 0.6 is 0 Å². The molecule has 4 rings (SSSR count). The van der Waals surface area contributed by atoms with Crippen molar-refractivity contribution < 1.29 is 0 Å². The normalized spacial score (nSPS) is 17.4. The van der Waals surface area contributed by atoms with E-state index in [-0.39, 0.29) is 12.1 Å². The van der Waals surface area contributed by atoms with Crippen molar-refractivity contribution in [1.29, 1.82) is 0 Å². The molecule has 4 heteroatoms. The van der Waals surface area contributed by atoms with E-state index in [1.54, 1.807) is 0 Å². The van der Waals surface area contributed by atoms with Crippen LogP contribution in [0.3, 0.4) is 0 Å². The lowest BCUT2D eigenvalue weighted by atomic mass is 10.1. The number of aryl methyl sites for hydroxylation is 1. The highest BCUT2D eigenvalue weighted by Crippen LogP contribution is 2.22. The standard InChI is InChI=1S/C26H28N4/c1-19-3-5-21(6-4-19)28-23-11-13-25(14-12-23)30-26-17-15-24(16-18-26)29-22-9-7-20(27-2)8-10-22/h3-18,23,25,27-30H,1-2H3. The predicted octanol–water partition coefficient (Wildman–Crippen LogP) is 6.17. The minimum Gasteiger partial charge on any atom is -0.388 e. The third kappa shape index (κ3) is 5.23. The number of anilines is 5. The van der Waals surface area contributed by atoms with E-state index < -0.39 is 0 Å². The number of nitrogens with one attached hydrogen (secondary N) is 4. The van der Waals surface area contributed by atoms with Gasteiger partial charge in [-0.2, -0.15) is 0 Å². The van der Waals surface area contributed by atoms with Gasteiger partial charge in [0, 0.05) is 35.5 Å². The van der Waals surface area contributed by atoms with Gasteiger partial charge in [-0.1, -0.05) is 42.0 Å². The van der Waals surface area contributed by atoms with Crippen molar-refractivity contribution in [3.63, 3.8) is 0 Å². The Hall–Kier alpha value is -3.66. The van der Waals surface area contributed by atoms with Gasteiger partial charge in [-0.05, 0) is 67.6 Å². The molecule has 0 saturated heterocycles. The maximum atomic E-state index is 3.54. The Balaban J connectivity index is 1.29. The molecule has 0 amide bonds. The summed E-state index contributed by atoms with van der Waals surface area (Å²) in [6, 6.07) is 25.5. The lowest BCUT2D eigenvalue weighted by Crippen LogP contribution is -2.22. The first-order valence-corrected chi connectivity index (χ1v) is 10.3. The Bertz CT molecular complexity index is 988. The summed E-state index contributed by atoms with van der Waals surface area (Å²) in [4.78, 5) is 0. The molecule has 4 N–H and O–H groups in total. The Morgan fingerprint density at radius 1 is 0.500 bits per heavy atom. The zero-order chi connectivity index (χ0) is 20.8. The van der Waals surface area contributed by atoms with Crippen LogP contribution in [0.15, 0.2) is 97.1 Å². The molecule has 0 spiro atoms. The molecular weight excluding hydrogens is 368 g/mol. The molecule has 0 aromatic heterocycles. The molecule has 3 aromatic carbocycles. The van der Waals surface area contributed by atoms with Crippen molar-refractivity contribution in [2.75, 3.05) is 28.3 Å². The van der Waals surface area contributed by atoms with Crippen molar-refractivity contribution in [1.82, 2.24) is 0 Å². The van der Waals surface area contributed by atoms with Gasteiger partial charge in [-0.25, -0.2) is 0 Å². The molecule has 4 nitrogen and oxygen atoms in total. The summed E-state index contributed by atoms with van der Waals surface area (Å²) in [6.07, 6.45) is 8.78. The van der Waals surface area contributed by atoms with Crippen LogP contribution < -0.4 is 21.3 Å². The summed E-state index contributed by atoms with van der Waals surface area (Å²) >= 11 is 0. The molecular formula is C26H28N4. The Labute approximate surface area is 178 Å². The summed E-state index contributed by atoms with van der Waals surface area (Å²) in [6.45, 7) is 2.10. The number of hydrogen-bond donors (Lipinski definition) is 4. The highest BCUT2D eigenvalue weighted by Gasteiger charge is 2.09. The molecule has 0 heterocycles. The highest BCUT2D eigenvalue weighted by molar-refractivity contribution is 5.64. The summed E-state index contributed by atoms with van der Waals surface area (Å²) in [5, 5.41) is 13.6. The summed E-state index contributed by atoms with van der Waals surface area (Å²) in [5.41, 5.74) is 6.73. The summed E-state index contributed by atoms with van der Waals surface area (Å²) in [7, 11) is 1.92. The molecule has 0 aliphatic heterocycles. The van der Waals surface area contributed by atoms with Crippen LogP contribution in [0.2, 0.25) is 0 Å². The van der Waals surface area contributed by atoms with Crippen LogP contribution in [0.4, 0.5) is 28.4 Å². The van der Waals surface area contributed by atoms with Gasteiger partial charge in [0.15, 0.2) is 0 Å². The van der Waals surface area contributed by atoms with Crippen LogP contribution in [0.25, 0.3) is 0 Å². The third-order valence-electron chi connectivity index (χ3n) is 5.12. The molecule has 0 radical (unpaired) electrons. The van der Waals surface area contributed by atoms with Gasteiger partial charge in [0.25, 0.3) is 0 Å². The Kier molecular flexibility index (Phi) is 6.04. The topological polar surface area (TPSA) is 48.1 Å². The van der Waals surface area contributed by atoms with E-state index in [0.717, 1.165) is 28.4 Å². The van der Waals surface area contributed by atoms with Gasteiger partial charge in [0.2, 0.25) is 0 Å². The number of benzene rings is 3. The minimum atomic E-state index is 0.189. The lowest BCUT2D eigenvalue weighted by Gasteiger charge is -2.21. The van der Waals surface area contributed by atoms with Crippen LogP contribution in [0, 0.1) is 6.92 Å². The summed E-state index contributed by atoms with van der Waals surface area (Å²) < 4.78 is 0. The van der Waals surface area contributed by atoms with E-state index in [1.165, 1.54) is 5.56 Å².